The largest absolute Gasteiger partial charge is 0.481 e. The zero-order chi connectivity index (χ0) is 79.7. The Morgan fingerprint density at radius 3 is 0.705 bits per heavy atom. The summed E-state index contributed by atoms with van der Waals surface area (Å²) in [6.45, 7) is -3.20. The number of amides is 13. The van der Waals surface area contributed by atoms with Crippen LogP contribution in [0.5, 0.6) is 0 Å². The lowest BCUT2D eigenvalue weighted by molar-refractivity contribution is -0.142. The molecule has 10 atom stereocenters. The first kappa shape index (κ1) is 94.2. The monoisotopic (exact) mass is 1500 g/mol. The molecule has 0 aromatic carbocycles. The van der Waals surface area contributed by atoms with Crippen molar-refractivity contribution in [3.8, 4) is 0 Å². The number of carbonyl (C=O) groups excluding carboxylic acids is 13. The summed E-state index contributed by atoms with van der Waals surface area (Å²) in [5, 5.41) is 94.4. The molecule has 0 unspecified atom stereocenters. The number of nitrogens with one attached hydrogen (secondary N) is 13. The van der Waals surface area contributed by atoms with Gasteiger partial charge in [0.25, 0.3) is 0 Å². The van der Waals surface area contributed by atoms with Crippen molar-refractivity contribution in [3.63, 3.8) is 0 Å². The minimum absolute atomic E-state index is 0.00887. The van der Waals surface area contributed by atoms with Gasteiger partial charge in [0.2, 0.25) is 76.8 Å². The van der Waals surface area contributed by atoms with Crippen molar-refractivity contribution < 1.29 is 132 Å². The SMILES string of the molecule is NCCCC[C@H](NC(=O)[C@H](CCCCN)NC(=O)CNC(=O)[C@H](CCC(=O)O)NC(=O)[C@H](CCC(=O)O)NC(=O)CNC(=O)[C@H](CCCCN)NC(=O)[C@H](CCCCN)NC(=O)CNC(=O)[C@H](CCC(=O)O)NC(=O)[C@H](CCC(=O)O)NC(=O)CNC(=O)[C@H](CC(=O)O)NC(=O)[C@@H](N)CC(=O)O)C(=O)O. The van der Waals surface area contributed by atoms with Crippen LogP contribution in [0, 0.1) is 0 Å². The second-order valence-electron chi connectivity index (χ2n) is 23.7. The lowest BCUT2D eigenvalue weighted by Gasteiger charge is -2.25. The average Bonchev–Trinajstić information content (AvgIpc) is 0.891. The molecule has 0 heterocycles. The van der Waals surface area contributed by atoms with Crippen LogP contribution in [0.15, 0.2) is 0 Å². The molecule has 0 aliphatic carbocycles. The van der Waals surface area contributed by atoms with Gasteiger partial charge in [0.15, 0.2) is 0 Å². The number of aliphatic carboxylic acids is 7. The lowest BCUT2D eigenvalue weighted by atomic mass is 10.1. The van der Waals surface area contributed by atoms with Gasteiger partial charge in [-0.05, 0) is 129 Å². The van der Waals surface area contributed by atoms with Crippen molar-refractivity contribution in [2.24, 2.45) is 28.7 Å². The van der Waals surface area contributed by atoms with Crippen LogP contribution in [0.4, 0.5) is 0 Å². The summed E-state index contributed by atoms with van der Waals surface area (Å²) in [5.41, 5.74) is 27.9. The highest BCUT2D eigenvalue weighted by Gasteiger charge is 2.34. The number of carboxylic acid groups (broad SMARTS) is 7. The Morgan fingerprint density at radius 2 is 0.457 bits per heavy atom. The molecule has 0 aromatic heterocycles. The summed E-state index contributed by atoms with van der Waals surface area (Å²) in [5.74, 6) is -25.2. The zero-order valence-corrected chi connectivity index (χ0v) is 57.7. The average molecular weight is 1510 g/mol. The molecule has 0 saturated heterocycles. The van der Waals surface area contributed by atoms with Gasteiger partial charge in [-0.25, -0.2) is 4.79 Å². The molecule has 0 rings (SSSR count). The number of nitrogens with two attached hydrogens (primary N) is 5. The molecule has 45 heteroatoms. The first-order valence-corrected chi connectivity index (χ1v) is 33.4. The van der Waals surface area contributed by atoms with Crippen molar-refractivity contribution in [3.05, 3.63) is 0 Å². The fourth-order valence-electron chi connectivity index (χ4n) is 9.36. The molecule has 13 amide bonds. The van der Waals surface area contributed by atoms with Crippen LogP contribution in [0.25, 0.3) is 0 Å². The van der Waals surface area contributed by atoms with Crippen LogP contribution < -0.4 is 97.8 Å². The van der Waals surface area contributed by atoms with E-state index in [1.807, 2.05) is 10.6 Å². The van der Waals surface area contributed by atoms with Crippen molar-refractivity contribution in [1.29, 1.82) is 0 Å². The highest BCUT2D eigenvalue weighted by Crippen LogP contribution is 2.11. The van der Waals surface area contributed by atoms with E-state index in [2.05, 4.69) is 58.5 Å². The highest BCUT2D eigenvalue weighted by molar-refractivity contribution is 5.99. The molecule has 0 spiro atoms. The quantitative estimate of drug-likeness (QED) is 0.0251. The number of unbranched alkanes of at least 4 members (excludes halogenated alkanes) is 4. The first-order valence-electron chi connectivity index (χ1n) is 33.4. The second kappa shape index (κ2) is 53.1. The Balaban J connectivity index is 6.47. The van der Waals surface area contributed by atoms with Gasteiger partial charge in [-0.1, -0.05) is 0 Å². The summed E-state index contributed by atoms with van der Waals surface area (Å²) in [6.07, 6.45) is -5.70. The summed E-state index contributed by atoms with van der Waals surface area (Å²) in [7, 11) is 0. The van der Waals surface area contributed by atoms with E-state index in [0.29, 0.717) is 32.1 Å². The molecule has 0 fully saturated rings. The van der Waals surface area contributed by atoms with Crippen LogP contribution >= 0.6 is 0 Å². The van der Waals surface area contributed by atoms with Gasteiger partial charge in [0, 0.05) is 25.7 Å². The third kappa shape index (κ3) is 43.7. The number of carbonyl (C=O) groups is 20. The normalized spacial score (nSPS) is 13.6. The van der Waals surface area contributed by atoms with Gasteiger partial charge >= 0.3 is 41.8 Å². The summed E-state index contributed by atoms with van der Waals surface area (Å²) >= 11 is 0. The van der Waals surface area contributed by atoms with Crippen LogP contribution in [0.2, 0.25) is 0 Å². The number of carboxylic acids is 7. The maximum Gasteiger partial charge on any atom is 0.326 e. The molecule has 0 aliphatic rings. The Morgan fingerprint density at radius 1 is 0.238 bits per heavy atom. The van der Waals surface area contributed by atoms with Gasteiger partial charge in [-0.15, -0.1) is 0 Å². The standard InChI is InChI=1S/C60H100N18O27/c61-21-5-1-9-32(52(96)66-29-43(81)72-37(15-19-47(87)88)58(102)75-36(14-18-46(85)86)54(98)68-28-42(80)71-34(11-3-7-23-63)57(101)77-39(60(104)105)12-4-8-24-64)74-56(100)33(10-2-6-22-62)70-41(79)27-67-53(97)35(13-17-45(83)84)76-59(103)38(16-20-48(89)90)73-44(82)30-69-55(99)40(26-50(93)94)78-51(95)31(65)25-49(91)92/h31-40H,1-30,61-65H2,(H,66,96)(H,67,97)(H,68,98)(H,69,99)(H,70,79)(H,71,80)(H,72,81)(H,73,82)(H,74,100)(H,75,102)(H,76,103)(H,77,101)(H,78,95)(H,83,84)(H,85,86)(H,87,88)(H,89,90)(H,91,92)(H,93,94)(H,104,105)/t31-,32-,33-,34-,35-,36-,37-,38-,39-,40-/m0/s1. The summed E-state index contributed by atoms with van der Waals surface area (Å²) < 4.78 is 0. The molecule has 0 saturated carbocycles. The molecule has 0 aliphatic heterocycles. The minimum Gasteiger partial charge on any atom is -0.481 e. The van der Waals surface area contributed by atoms with Crippen LogP contribution in [-0.4, -0.2) is 267 Å². The molecular formula is C60H100N18O27. The molecule has 45 nitrogen and oxygen atoms in total. The van der Waals surface area contributed by atoms with E-state index in [9.17, 15) is 127 Å². The van der Waals surface area contributed by atoms with Crippen molar-refractivity contribution in [2.45, 2.75) is 202 Å². The number of hydrogen-bond donors (Lipinski definition) is 25. The van der Waals surface area contributed by atoms with E-state index in [0.717, 1.165) is 0 Å². The van der Waals surface area contributed by atoms with Crippen molar-refractivity contribution in [1.82, 2.24) is 69.1 Å². The zero-order valence-electron chi connectivity index (χ0n) is 57.7. The predicted molar refractivity (Wildman–Crippen MR) is 359 cm³/mol. The third-order valence-electron chi connectivity index (χ3n) is 14.9. The second-order valence-corrected chi connectivity index (χ2v) is 23.7. The topological polar surface area (TPSA) is 770 Å². The summed E-state index contributed by atoms with van der Waals surface area (Å²) in [6, 6.07) is -16.6. The van der Waals surface area contributed by atoms with Gasteiger partial charge < -0.3 is 134 Å². The Bertz CT molecular complexity index is 3000. The molecule has 0 bridgehead atoms. The third-order valence-corrected chi connectivity index (χ3v) is 14.9. The van der Waals surface area contributed by atoms with Gasteiger partial charge in [0.05, 0.1) is 45.1 Å². The number of hydrogen-bond acceptors (Lipinski definition) is 25. The fraction of sp³-hybridized carbons (Fsp3) is 0.667. The van der Waals surface area contributed by atoms with E-state index in [4.69, 9.17) is 33.8 Å². The lowest BCUT2D eigenvalue weighted by Crippen LogP contribution is -2.57. The molecular weight excluding hydrogens is 1400 g/mol. The maximum absolute atomic E-state index is 14.0. The van der Waals surface area contributed by atoms with Crippen LogP contribution in [0.1, 0.15) is 141 Å². The van der Waals surface area contributed by atoms with Crippen molar-refractivity contribution in [2.75, 3.05) is 52.4 Å². The maximum atomic E-state index is 14.0. The molecule has 592 valence electrons. The molecule has 105 heavy (non-hydrogen) atoms. The predicted octanol–water partition coefficient (Wildman–Crippen LogP) is -9.85. The number of rotatable bonds is 59. The van der Waals surface area contributed by atoms with E-state index in [1.54, 1.807) is 0 Å². The fourth-order valence-corrected chi connectivity index (χ4v) is 9.36. The Hall–Kier alpha value is -10.8. The van der Waals surface area contributed by atoms with Gasteiger partial charge in [-0.2, -0.15) is 0 Å². The van der Waals surface area contributed by atoms with Crippen LogP contribution in [0.3, 0.4) is 0 Å². The van der Waals surface area contributed by atoms with Gasteiger partial charge in [0.1, 0.15) is 54.4 Å². The molecule has 0 aromatic rings. The van der Waals surface area contributed by atoms with Gasteiger partial charge in [-0.3, -0.25) is 91.1 Å². The highest BCUT2D eigenvalue weighted by atomic mass is 16.4. The van der Waals surface area contributed by atoms with E-state index < -0.39 is 269 Å². The van der Waals surface area contributed by atoms with Crippen molar-refractivity contribution >= 4 is 119 Å². The summed E-state index contributed by atoms with van der Waals surface area (Å²) in [4.78, 5) is 255. The van der Waals surface area contributed by atoms with Crippen LogP contribution in [-0.2, 0) is 95.9 Å². The Kier molecular flexibility index (Phi) is 47.6. The van der Waals surface area contributed by atoms with E-state index in [1.165, 1.54) is 0 Å². The Labute approximate surface area is 600 Å². The first-order chi connectivity index (χ1) is 49.5. The van der Waals surface area contributed by atoms with E-state index >= 15 is 0 Å². The molecule has 0 radical (unpaired) electrons. The minimum atomic E-state index is -1.92. The smallest absolute Gasteiger partial charge is 0.326 e. The van der Waals surface area contributed by atoms with E-state index in [-0.39, 0.29) is 71.1 Å². The molecule has 30 N–H and O–H groups in total.